The second-order valence-electron chi connectivity index (χ2n) is 6.56. The fraction of sp³-hybridized carbons (Fsp3) is 0.389. The van der Waals surface area contributed by atoms with Gasteiger partial charge in [-0.25, -0.2) is 4.79 Å². The third-order valence-corrected chi connectivity index (χ3v) is 4.74. The summed E-state index contributed by atoms with van der Waals surface area (Å²) in [5.41, 5.74) is 3.80. The monoisotopic (exact) mass is 356 g/mol. The number of nitrogens with zero attached hydrogens (tertiary/aromatic N) is 4. The highest BCUT2D eigenvalue weighted by atomic mass is 16.4. The number of aliphatic hydroxyl groups excluding tert-OH is 1. The zero-order valence-corrected chi connectivity index (χ0v) is 14.5. The lowest BCUT2D eigenvalue weighted by Crippen LogP contribution is -2.39. The van der Waals surface area contributed by atoms with Gasteiger partial charge < -0.3 is 14.4 Å². The van der Waals surface area contributed by atoms with Crippen LogP contribution in [0.25, 0.3) is 11.1 Å². The van der Waals surface area contributed by atoms with E-state index >= 15 is 0 Å². The Labute approximate surface area is 149 Å². The molecule has 1 aromatic carbocycles. The van der Waals surface area contributed by atoms with Crippen LogP contribution in [0.3, 0.4) is 0 Å². The van der Waals surface area contributed by atoms with E-state index in [0.29, 0.717) is 36.4 Å². The van der Waals surface area contributed by atoms with Crippen molar-refractivity contribution < 1.29 is 14.3 Å². The Morgan fingerprint density at radius 2 is 2.15 bits per heavy atom. The second-order valence-corrected chi connectivity index (χ2v) is 6.56. The third-order valence-electron chi connectivity index (χ3n) is 4.74. The van der Waals surface area contributed by atoms with E-state index in [-0.39, 0.29) is 25.5 Å². The predicted molar refractivity (Wildman–Crippen MR) is 93.4 cm³/mol. The molecule has 0 bridgehead atoms. The van der Waals surface area contributed by atoms with E-state index in [9.17, 15) is 14.7 Å². The number of amides is 1. The molecule has 3 aromatic rings. The Kier molecular flexibility index (Phi) is 4.12. The highest BCUT2D eigenvalue weighted by Crippen LogP contribution is 2.17. The first-order valence-corrected chi connectivity index (χ1v) is 8.59. The molecule has 0 radical (unpaired) electrons. The van der Waals surface area contributed by atoms with E-state index in [2.05, 4.69) is 5.10 Å². The molecule has 1 amide bonds. The molecule has 8 nitrogen and oxygen atoms in total. The van der Waals surface area contributed by atoms with Crippen molar-refractivity contribution in [2.45, 2.75) is 39.6 Å². The van der Waals surface area contributed by atoms with Gasteiger partial charge in [0.2, 0.25) is 5.91 Å². The standard InChI is InChI=1S/C18H20N4O4/c1-12-2-3-16-15(8-12)21(18(25)26-16)5-4-17(24)20-6-7-22-14(10-20)9-13(11-23)19-22/h2-3,8-9,23H,4-7,10-11H2,1H3. The molecule has 0 aliphatic carbocycles. The van der Waals surface area contributed by atoms with E-state index in [1.54, 1.807) is 11.0 Å². The van der Waals surface area contributed by atoms with Crippen LogP contribution in [-0.4, -0.2) is 36.8 Å². The topological polar surface area (TPSA) is 93.5 Å². The number of aliphatic hydroxyl groups is 1. The molecule has 0 saturated carbocycles. The van der Waals surface area contributed by atoms with Crippen LogP contribution in [0.1, 0.15) is 23.4 Å². The number of hydrogen-bond acceptors (Lipinski definition) is 5. The molecule has 0 spiro atoms. The van der Waals surface area contributed by atoms with Gasteiger partial charge in [0.25, 0.3) is 0 Å². The quantitative estimate of drug-likeness (QED) is 0.753. The van der Waals surface area contributed by atoms with E-state index in [4.69, 9.17) is 4.42 Å². The van der Waals surface area contributed by atoms with Crippen LogP contribution in [-0.2, 0) is 31.0 Å². The average molecular weight is 356 g/mol. The van der Waals surface area contributed by atoms with Gasteiger partial charge in [-0.3, -0.25) is 14.0 Å². The average Bonchev–Trinajstić information content (AvgIpc) is 3.18. The summed E-state index contributed by atoms with van der Waals surface area (Å²) in [5.74, 6) is -0.459. The van der Waals surface area contributed by atoms with Crippen LogP contribution in [0, 0.1) is 6.92 Å². The lowest BCUT2D eigenvalue weighted by Gasteiger charge is -2.27. The Morgan fingerprint density at radius 1 is 1.31 bits per heavy atom. The Balaban J connectivity index is 1.47. The summed E-state index contributed by atoms with van der Waals surface area (Å²) in [6, 6.07) is 7.37. The van der Waals surface area contributed by atoms with E-state index in [0.717, 1.165) is 11.3 Å². The Hall–Kier alpha value is -2.87. The van der Waals surface area contributed by atoms with Crippen LogP contribution in [0.4, 0.5) is 0 Å². The van der Waals surface area contributed by atoms with Crippen LogP contribution < -0.4 is 5.76 Å². The zero-order valence-electron chi connectivity index (χ0n) is 14.5. The van der Waals surface area contributed by atoms with Crippen molar-refractivity contribution in [1.29, 1.82) is 0 Å². The van der Waals surface area contributed by atoms with Gasteiger partial charge in [0.1, 0.15) is 0 Å². The minimum absolute atomic E-state index is 0.0168. The maximum atomic E-state index is 12.6. The van der Waals surface area contributed by atoms with Gasteiger partial charge in [-0.1, -0.05) is 6.07 Å². The number of fused-ring (bicyclic) bond motifs is 2. The number of benzene rings is 1. The smallest absolute Gasteiger partial charge is 0.408 e. The molecule has 3 heterocycles. The Morgan fingerprint density at radius 3 is 2.96 bits per heavy atom. The van der Waals surface area contributed by atoms with Crippen LogP contribution in [0.5, 0.6) is 0 Å². The molecule has 8 heteroatoms. The third kappa shape index (κ3) is 2.92. The molecule has 1 aliphatic heterocycles. The van der Waals surface area contributed by atoms with E-state index < -0.39 is 5.76 Å². The van der Waals surface area contributed by atoms with Gasteiger partial charge >= 0.3 is 5.76 Å². The molecule has 136 valence electrons. The molecular formula is C18H20N4O4. The van der Waals surface area contributed by atoms with Crippen LogP contribution in [0.2, 0.25) is 0 Å². The SMILES string of the molecule is Cc1ccc2oc(=O)n(CCC(=O)N3CCn4nc(CO)cc4C3)c2c1. The fourth-order valence-electron chi connectivity index (χ4n) is 3.37. The number of hydrogen-bond donors (Lipinski definition) is 1. The van der Waals surface area contributed by atoms with Gasteiger partial charge in [0.05, 0.1) is 36.6 Å². The molecule has 4 rings (SSSR count). The number of aromatic nitrogens is 3. The Bertz CT molecular complexity index is 1030. The van der Waals surface area contributed by atoms with Crippen LogP contribution >= 0.6 is 0 Å². The molecule has 0 saturated heterocycles. The molecule has 1 N–H and O–H groups in total. The van der Waals surface area contributed by atoms with Gasteiger partial charge in [0, 0.05) is 19.5 Å². The molecule has 0 atom stereocenters. The minimum atomic E-state index is -0.442. The van der Waals surface area contributed by atoms with E-state index in [1.165, 1.54) is 4.57 Å². The first kappa shape index (κ1) is 16.6. The summed E-state index contributed by atoms with van der Waals surface area (Å²) < 4.78 is 8.58. The molecule has 26 heavy (non-hydrogen) atoms. The molecule has 1 aliphatic rings. The van der Waals surface area contributed by atoms with Crippen molar-refractivity contribution in [3.63, 3.8) is 0 Å². The van der Waals surface area contributed by atoms with Crippen molar-refractivity contribution >= 4 is 17.0 Å². The zero-order chi connectivity index (χ0) is 18.3. The predicted octanol–water partition coefficient (Wildman–Crippen LogP) is 1.02. The number of carbonyl (C=O) groups is 1. The normalized spacial score (nSPS) is 14.0. The number of aryl methyl sites for hydroxylation is 2. The van der Waals surface area contributed by atoms with Gasteiger partial charge in [0.15, 0.2) is 5.58 Å². The second kappa shape index (κ2) is 6.45. The molecule has 2 aromatic heterocycles. The first-order valence-electron chi connectivity index (χ1n) is 8.59. The number of carbonyl (C=O) groups excluding carboxylic acids is 1. The first-order chi connectivity index (χ1) is 12.5. The van der Waals surface area contributed by atoms with Crippen molar-refractivity contribution in [2.24, 2.45) is 0 Å². The van der Waals surface area contributed by atoms with Gasteiger partial charge in [-0.2, -0.15) is 5.10 Å². The minimum Gasteiger partial charge on any atom is -0.408 e. The highest BCUT2D eigenvalue weighted by Gasteiger charge is 2.22. The summed E-state index contributed by atoms with van der Waals surface area (Å²) in [4.78, 5) is 26.4. The van der Waals surface area contributed by atoms with Gasteiger partial charge in [-0.05, 0) is 30.7 Å². The lowest BCUT2D eigenvalue weighted by molar-refractivity contribution is -0.132. The maximum Gasteiger partial charge on any atom is 0.419 e. The van der Waals surface area contributed by atoms with Crippen LogP contribution in [0.15, 0.2) is 33.5 Å². The molecular weight excluding hydrogens is 336 g/mol. The van der Waals surface area contributed by atoms with Crippen molar-refractivity contribution in [3.05, 3.63) is 51.8 Å². The number of oxazole rings is 1. The fourth-order valence-corrected chi connectivity index (χ4v) is 3.37. The summed E-state index contributed by atoms with van der Waals surface area (Å²) in [6.45, 7) is 3.76. The largest absolute Gasteiger partial charge is 0.419 e. The number of rotatable bonds is 4. The maximum absolute atomic E-state index is 12.6. The molecule has 0 fully saturated rings. The van der Waals surface area contributed by atoms with Gasteiger partial charge in [-0.15, -0.1) is 0 Å². The van der Waals surface area contributed by atoms with E-state index in [1.807, 2.05) is 29.8 Å². The van der Waals surface area contributed by atoms with Crippen molar-refractivity contribution in [1.82, 2.24) is 19.2 Å². The summed E-state index contributed by atoms with van der Waals surface area (Å²) in [7, 11) is 0. The van der Waals surface area contributed by atoms with Crippen molar-refractivity contribution in [2.75, 3.05) is 6.54 Å². The highest BCUT2D eigenvalue weighted by molar-refractivity contribution is 5.77. The molecule has 0 unspecified atom stereocenters. The summed E-state index contributed by atoms with van der Waals surface area (Å²) >= 11 is 0. The van der Waals surface area contributed by atoms with Crippen molar-refractivity contribution in [3.8, 4) is 0 Å². The summed E-state index contributed by atoms with van der Waals surface area (Å²) in [6.07, 6.45) is 0.226. The lowest BCUT2D eigenvalue weighted by atomic mass is 10.2. The summed E-state index contributed by atoms with van der Waals surface area (Å²) in [5, 5.41) is 13.5.